The summed E-state index contributed by atoms with van der Waals surface area (Å²) in [6.45, 7) is 0.333. The Hall–Kier alpha value is -1.34. The highest BCUT2D eigenvalue weighted by Gasteiger charge is 2.34. The lowest BCUT2D eigenvalue weighted by molar-refractivity contribution is 0.0713. The smallest absolute Gasteiger partial charge is 0.268 e. The Kier molecular flexibility index (Phi) is 3.72. The number of anilines is 2. The molecule has 2 rings (SSSR count). The summed E-state index contributed by atoms with van der Waals surface area (Å²) in [5, 5.41) is 9.74. The minimum atomic E-state index is -0.116. The maximum absolute atomic E-state index is 12.4. The highest BCUT2D eigenvalue weighted by molar-refractivity contribution is 7.18. The number of amides is 1. The molecule has 1 aliphatic carbocycles. The van der Waals surface area contributed by atoms with Gasteiger partial charge in [-0.25, -0.2) is 4.98 Å². The summed E-state index contributed by atoms with van der Waals surface area (Å²) >= 11 is 1.29. The molecule has 6 nitrogen and oxygen atoms in total. The summed E-state index contributed by atoms with van der Waals surface area (Å²) in [4.78, 5) is 20.5. The van der Waals surface area contributed by atoms with Gasteiger partial charge in [0.1, 0.15) is 10.7 Å². The van der Waals surface area contributed by atoms with E-state index in [4.69, 9.17) is 10.8 Å². The fourth-order valence-corrected chi connectivity index (χ4v) is 2.60. The quantitative estimate of drug-likeness (QED) is 0.808. The van der Waals surface area contributed by atoms with Crippen molar-refractivity contribution in [2.24, 2.45) is 0 Å². The van der Waals surface area contributed by atoms with Gasteiger partial charge in [-0.15, -0.1) is 0 Å². The van der Waals surface area contributed by atoms with E-state index >= 15 is 0 Å². The van der Waals surface area contributed by atoms with Crippen LogP contribution < -0.4 is 10.6 Å². The van der Waals surface area contributed by atoms with Gasteiger partial charge in [-0.3, -0.25) is 4.79 Å². The second-order valence-corrected chi connectivity index (χ2v) is 5.54. The number of hydrogen-bond acceptors (Lipinski definition) is 6. The zero-order chi connectivity index (χ0) is 13.3. The van der Waals surface area contributed by atoms with Crippen LogP contribution in [0, 0.1) is 0 Å². The summed E-state index contributed by atoms with van der Waals surface area (Å²) in [5.41, 5.74) is 5.80. The topological polar surface area (TPSA) is 82.7 Å². The third-order valence-corrected chi connectivity index (χ3v) is 4.04. The molecule has 0 bridgehead atoms. The fourth-order valence-electron chi connectivity index (χ4n) is 1.74. The van der Waals surface area contributed by atoms with Crippen LogP contribution in [-0.4, -0.2) is 54.2 Å². The molecule has 0 aliphatic heterocycles. The molecule has 0 saturated heterocycles. The number of rotatable bonds is 5. The molecule has 100 valence electrons. The second kappa shape index (κ2) is 5.11. The Balaban J connectivity index is 2.21. The number of aromatic nitrogens is 1. The van der Waals surface area contributed by atoms with Gasteiger partial charge in [0, 0.05) is 26.7 Å². The Labute approximate surface area is 110 Å². The molecule has 0 unspecified atom stereocenters. The number of aliphatic hydroxyl groups excluding tert-OH is 1. The number of carbonyl (C=O) groups is 1. The molecule has 1 heterocycles. The van der Waals surface area contributed by atoms with Crippen LogP contribution in [0.4, 0.5) is 10.9 Å². The van der Waals surface area contributed by atoms with E-state index in [2.05, 4.69) is 4.98 Å². The molecule has 1 amide bonds. The number of thiazole rings is 1. The van der Waals surface area contributed by atoms with Crippen LogP contribution in [0.25, 0.3) is 0 Å². The van der Waals surface area contributed by atoms with E-state index in [-0.39, 0.29) is 24.4 Å². The average molecular weight is 270 g/mol. The molecule has 7 heteroatoms. The van der Waals surface area contributed by atoms with Gasteiger partial charge in [0.05, 0.1) is 6.61 Å². The zero-order valence-corrected chi connectivity index (χ0v) is 11.4. The third-order valence-electron chi connectivity index (χ3n) is 2.81. The van der Waals surface area contributed by atoms with Crippen molar-refractivity contribution in [1.82, 2.24) is 9.88 Å². The van der Waals surface area contributed by atoms with Gasteiger partial charge < -0.3 is 20.6 Å². The van der Waals surface area contributed by atoms with Crippen LogP contribution in [0.5, 0.6) is 0 Å². The first-order valence-corrected chi connectivity index (χ1v) is 6.71. The summed E-state index contributed by atoms with van der Waals surface area (Å²) < 4.78 is 0. The first-order chi connectivity index (χ1) is 8.54. The van der Waals surface area contributed by atoms with Crippen molar-refractivity contribution in [3.8, 4) is 0 Å². The van der Waals surface area contributed by atoms with Crippen molar-refractivity contribution in [2.75, 3.05) is 37.9 Å². The lowest BCUT2D eigenvalue weighted by Crippen LogP contribution is -2.35. The normalized spacial score (nSPS) is 14.6. The summed E-state index contributed by atoms with van der Waals surface area (Å²) in [5.74, 6) is 0.159. The maximum atomic E-state index is 12.4. The number of nitrogens with two attached hydrogens (primary N) is 1. The van der Waals surface area contributed by atoms with Crippen LogP contribution in [0.1, 0.15) is 22.5 Å². The molecule has 1 aliphatic rings. The summed E-state index contributed by atoms with van der Waals surface area (Å²) in [7, 11) is 3.72. The van der Waals surface area contributed by atoms with Crippen molar-refractivity contribution in [3.05, 3.63) is 4.88 Å². The van der Waals surface area contributed by atoms with Crippen molar-refractivity contribution < 1.29 is 9.90 Å². The molecule has 1 saturated carbocycles. The highest BCUT2D eigenvalue weighted by Crippen LogP contribution is 2.32. The van der Waals surface area contributed by atoms with E-state index in [0.29, 0.717) is 11.4 Å². The molecule has 1 aromatic heterocycles. The molecule has 0 aromatic carbocycles. The van der Waals surface area contributed by atoms with E-state index in [0.717, 1.165) is 18.0 Å². The predicted molar refractivity (Wildman–Crippen MR) is 72.0 cm³/mol. The molecule has 3 N–H and O–H groups in total. The van der Waals surface area contributed by atoms with E-state index in [9.17, 15) is 4.79 Å². The third kappa shape index (κ3) is 2.56. The van der Waals surface area contributed by atoms with Crippen molar-refractivity contribution in [1.29, 1.82) is 0 Å². The van der Waals surface area contributed by atoms with Crippen LogP contribution >= 0.6 is 11.3 Å². The lowest BCUT2D eigenvalue weighted by atomic mass is 10.3. The number of carbonyl (C=O) groups excluding carboxylic acids is 1. The van der Waals surface area contributed by atoms with Crippen LogP contribution in [-0.2, 0) is 0 Å². The molecule has 0 radical (unpaired) electrons. The standard InChI is InChI=1S/C11H18N4O2S/c1-14(2)11-13-9(12)8(18-11)10(17)15(5-6-16)7-3-4-7/h7,16H,3-6,12H2,1-2H3. The Morgan fingerprint density at radius 2 is 2.22 bits per heavy atom. The molecular weight excluding hydrogens is 252 g/mol. The monoisotopic (exact) mass is 270 g/mol. The van der Waals surface area contributed by atoms with Gasteiger partial charge in [-0.2, -0.15) is 0 Å². The average Bonchev–Trinajstić information content (AvgIpc) is 3.07. The minimum absolute atomic E-state index is 0.0263. The molecule has 0 atom stereocenters. The van der Waals surface area contributed by atoms with Gasteiger partial charge in [0.15, 0.2) is 5.13 Å². The van der Waals surface area contributed by atoms with Gasteiger partial charge in [-0.05, 0) is 12.8 Å². The number of aliphatic hydroxyl groups is 1. The number of nitrogens with zero attached hydrogens (tertiary/aromatic N) is 3. The predicted octanol–water partition coefficient (Wildman–Crippen LogP) is 0.388. The fraction of sp³-hybridized carbons (Fsp3) is 0.636. The Bertz CT molecular complexity index is 442. The van der Waals surface area contributed by atoms with Crippen molar-refractivity contribution in [3.63, 3.8) is 0 Å². The first kappa shape index (κ1) is 13.1. The molecular formula is C11H18N4O2S. The largest absolute Gasteiger partial charge is 0.395 e. The lowest BCUT2D eigenvalue weighted by Gasteiger charge is -2.20. The SMILES string of the molecule is CN(C)c1nc(N)c(C(=O)N(CCO)C2CC2)s1. The zero-order valence-electron chi connectivity index (χ0n) is 10.6. The summed E-state index contributed by atoms with van der Waals surface area (Å²) in [6, 6.07) is 0.258. The summed E-state index contributed by atoms with van der Waals surface area (Å²) in [6.07, 6.45) is 2.01. The number of hydrogen-bond donors (Lipinski definition) is 2. The van der Waals surface area contributed by atoms with Crippen molar-refractivity contribution in [2.45, 2.75) is 18.9 Å². The van der Waals surface area contributed by atoms with Gasteiger partial charge >= 0.3 is 0 Å². The molecule has 1 aromatic rings. The molecule has 18 heavy (non-hydrogen) atoms. The molecule has 0 spiro atoms. The van der Waals surface area contributed by atoms with E-state index < -0.39 is 0 Å². The van der Waals surface area contributed by atoms with Crippen LogP contribution in [0.2, 0.25) is 0 Å². The van der Waals surface area contributed by atoms with E-state index in [1.165, 1.54) is 11.3 Å². The van der Waals surface area contributed by atoms with Gasteiger partial charge in [0.25, 0.3) is 5.91 Å². The second-order valence-electron chi connectivity index (χ2n) is 4.56. The van der Waals surface area contributed by atoms with Crippen molar-refractivity contribution >= 4 is 28.2 Å². The van der Waals surface area contributed by atoms with E-state index in [1.54, 1.807) is 4.90 Å². The van der Waals surface area contributed by atoms with Gasteiger partial charge in [-0.1, -0.05) is 11.3 Å². The van der Waals surface area contributed by atoms with Crippen LogP contribution in [0.15, 0.2) is 0 Å². The highest BCUT2D eigenvalue weighted by atomic mass is 32.1. The van der Waals surface area contributed by atoms with E-state index in [1.807, 2.05) is 19.0 Å². The molecule has 1 fully saturated rings. The number of nitrogen functional groups attached to an aromatic ring is 1. The van der Waals surface area contributed by atoms with Gasteiger partial charge in [0.2, 0.25) is 0 Å². The maximum Gasteiger partial charge on any atom is 0.268 e. The first-order valence-electron chi connectivity index (χ1n) is 5.90. The Morgan fingerprint density at radius 1 is 1.56 bits per heavy atom. The van der Waals surface area contributed by atoms with Crippen LogP contribution in [0.3, 0.4) is 0 Å². The minimum Gasteiger partial charge on any atom is -0.395 e. The Morgan fingerprint density at radius 3 is 2.67 bits per heavy atom.